The maximum Gasteiger partial charge on any atom is 0.326 e. The van der Waals surface area contributed by atoms with E-state index in [0.29, 0.717) is 25.8 Å². The van der Waals surface area contributed by atoms with Crippen molar-refractivity contribution in [2.45, 2.75) is 55.3 Å². The summed E-state index contributed by atoms with van der Waals surface area (Å²) in [7, 11) is 0. The van der Waals surface area contributed by atoms with E-state index in [9.17, 15) is 19.5 Å². The highest BCUT2D eigenvalue weighted by Crippen LogP contribution is 2.51. The number of carboxylic acid groups (broad SMARTS) is 1. The fourth-order valence-corrected chi connectivity index (χ4v) is 7.34. The fourth-order valence-electron chi connectivity index (χ4n) is 4.09. The molecule has 0 aromatic heterocycles. The minimum atomic E-state index is -0.975. The number of ether oxygens (including phenoxy) is 1. The first-order valence-corrected chi connectivity index (χ1v) is 12.6. The fraction of sp³-hybridized carbons (Fsp3) is 0.591. The van der Waals surface area contributed by atoms with Crippen LogP contribution < -0.4 is 5.32 Å². The number of amides is 1. The number of hydrogen-bond acceptors (Lipinski definition) is 7. The molecule has 1 amide bonds. The van der Waals surface area contributed by atoms with E-state index in [1.807, 2.05) is 30.3 Å². The van der Waals surface area contributed by atoms with Crippen molar-refractivity contribution in [1.29, 1.82) is 0 Å². The Balaban J connectivity index is 1.67. The van der Waals surface area contributed by atoms with Gasteiger partial charge in [-0.05, 0) is 32.3 Å². The third kappa shape index (κ3) is 5.96. The second kappa shape index (κ2) is 10.7. The Morgan fingerprint density at radius 1 is 1.26 bits per heavy atom. The number of aryl methyl sites for hydroxylation is 1. The molecule has 31 heavy (non-hydrogen) atoms. The number of carbonyl (C=O) groups is 3. The number of carboxylic acids is 1. The molecular formula is C22H30N2O5S2. The maximum atomic E-state index is 13.2. The van der Waals surface area contributed by atoms with E-state index in [1.54, 1.807) is 37.4 Å². The molecule has 0 aliphatic carbocycles. The van der Waals surface area contributed by atoms with Crippen LogP contribution in [0.25, 0.3) is 0 Å². The van der Waals surface area contributed by atoms with Crippen LogP contribution in [0.5, 0.6) is 0 Å². The summed E-state index contributed by atoms with van der Waals surface area (Å²) in [5.41, 5.74) is 1.10. The van der Waals surface area contributed by atoms with Gasteiger partial charge in [-0.15, -0.1) is 23.5 Å². The van der Waals surface area contributed by atoms with E-state index in [0.717, 1.165) is 17.1 Å². The summed E-state index contributed by atoms with van der Waals surface area (Å²) in [6.07, 6.45) is 1.60. The van der Waals surface area contributed by atoms with Crippen molar-refractivity contribution in [3.63, 3.8) is 0 Å². The molecule has 1 aromatic carbocycles. The van der Waals surface area contributed by atoms with Gasteiger partial charge in [0.05, 0.1) is 16.7 Å². The average molecular weight is 467 g/mol. The molecule has 2 fully saturated rings. The number of carbonyl (C=O) groups excluding carboxylic acids is 2. The van der Waals surface area contributed by atoms with Crippen molar-refractivity contribution in [3.8, 4) is 0 Å². The van der Waals surface area contributed by atoms with Crippen molar-refractivity contribution in [2.24, 2.45) is 0 Å². The summed E-state index contributed by atoms with van der Waals surface area (Å²) < 4.78 is 4.98. The van der Waals surface area contributed by atoms with Crippen LogP contribution in [0.3, 0.4) is 0 Å². The molecule has 0 radical (unpaired) electrons. The van der Waals surface area contributed by atoms with Gasteiger partial charge in [0.1, 0.15) is 12.1 Å². The number of hydrogen-bond donors (Lipinski definition) is 2. The van der Waals surface area contributed by atoms with Gasteiger partial charge < -0.3 is 14.7 Å². The molecule has 0 unspecified atom stereocenters. The average Bonchev–Trinajstić information content (AvgIpc) is 3.38. The van der Waals surface area contributed by atoms with E-state index >= 15 is 0 Å². The third-order valence-corrected chi connectivity index (χ3v) is 9.06. The molecule has 9 heteroatoms. The van der Waals surface area contributed by atoms with Gasteiger partial charge in [0.2, 0.25) is 5.91 Å². The Bertz CT molecular complexity index is 785. The Morgan fingerprint density at radius 2 is 1.94 bits per heavy atom. The van der Waals surface area contributed by atoms with Crippen molar-refractivity contribution >= 4 is 41.4 Å². The topological polar surface area (TPSA) is 95.9 Å². The van der Waals surface area contributed by atoms with Crippen LogP contribution in [-0.2, 0) is 25.5 Å². The van der Waals surface area contributed by atoms with E-state index in [1.165, 1.54) is 4.90 Å². The van der Waals surface area contributed by atoms with Crippen LogP contribution in [0.4, 0.5) is 0 Å². The monoisotopic (exact) mass is 466 g/mol. The molecule has 2 aliphatic rings. The normalized spacial score (nSPS) is 21.7. The minimum absolute atomic E-state index is 0.230. The minimum Gasteiger partial charge on any atom is -0.480 e. The van der Waals surface area contributed by atoms with Crippen LogP contribution in [0, 0.1) is 0 Å². The van der Waals surface area contributed by atoms with Gasteiger partial charge in [-0.2, -0.15) is 0 Å². The van der Waals surface area contributed by atoms with E-state index in [-0.39, 0.29) is 16.6 Å². The number of esters is 1. The zero-order valence-electron chi connectivity index (χ0n) is 17.9. The van der Waals surface area contributed by atoms with E-state index < -0.39 is 30.1 Å². The SMILES string of the molecule is CCOC(=O)[C@H](CCc1ccccc1)N[C@H](C)C(=O)N1CC2(C[C@@H]1C(=O)O)SCCS2. The highest BCUT2D eigenvalue weighted by molar-refractivity contribution is 8.21. The lowest BCUT2D eigenvalue weighted by Crippen LogP contribution is -2.53. The first-order chi connectivity index (χ1) is 14.8. The quantitative estimate of drug-likeness (QED) is 0.536. The number of rotatable bonds is 9. The molecule has 1 aromatic rings. The highest BCUT2D eigenvalue weighted by atomic mass is 32.2. The maximum absolute atomic E-state index is 13.2. The zero-order chi connectivity index (χ0) is 22.4. The van der Waals surface area contributed by atoms with Crippen LogP contribution in [0.1, 0.15) is 32.3 Å². The van der Waals surface area contributed by atoms with Crippen molar-refractivity contribution in [1.82, 2.24) is 10.2 Å². The van der Waals surface area contributed by atoms with E-state index in [2.05, 4.69) is 5.32 Å². The molecular weight excluding hydrogens is 436 g/mol. The van der Waals surface area contributed by atoms with Crippen molar-refractivity contribution in [3.05, 3.63) is 35.9 Å². The predicted octanol–water partition coefficient (Wildman–Crippen LogP) is 2.39. The van der Waals surface area contributed by atoms with Gasteiger partial charge in [0.25, 0.3) is 0 Å². The molecule has 2 aliphatic heterocycles. The number of likely N-dealkylation sites (tertiary alicyclic amines) is 1. The van der Waals surface area contributed by atoms with Gasteiger partial charge in [0.15, 0.2) is 0 Å². The molecule has 170 valence electrons. The van der Waals surface area contributed by atoms with Crippen molar-refractivity contribution < 1.29 is 24.2 Å². The number of nitrogens with one attached hydrogen (secondary N) is 1. The van der Waals surface area contributed by atoms with Crippen LogP contribution in [0.15, 0.2) is 30.3 Å². The molecule has 3 rings (SSSR count). The van der Waals surface area contributed by atoms with Gasteiger partial charge in [-0.1, -0.05) is 30.3 Å². The first kappa shape index (κ1) is 23.9. The molecule has 0 bridgehead atoms. The second-order valence-electron chi connectivity index (χ2n) is 7.85. The summed E-state index contributed by atoms with van der Waals surface area (Å²) in [6, 6.07) is 7.65. The molecule has 7 nitrogen and oxygen atoms in total. The standard InChI is InChI=1S/C22H30N2O5S2/c1-3-29-21(28)17(10-9-16-7-5-4-6-8-16)23-15(2)19(25)24-14-22(30-11-12-31-22)13-18(24)20(26)27/h4-8,15,17-18,23H,3,9-14H2,1-2H3,(H,26,27)/t15-,17+,18-/m1/s1. The number of aliphatic carboxylic acids is 1. The summed E-state index contributed by atoms with van der Waals surface area (Å²) >= 11 is 3.50. The van der Waals surface area contributed by atoms with Crippen LogP contribution >= 0.6 is 23.5 Å². The predicted molar refractivity (Wildman–Crippen MR) is 123 cm³/mol. The van der Waals surface area contributed by atoms with Crippen molar-refractivity contribution in [2.75, 3.05) is 24.7 Å². The number of nitrogens with zero attached hydrogens (tertiary/aromatic N) is 1. The number of thioether (sulfide) groups is 2. The Labute approximate surface area is 191 Å². The summed E-state index contributed by atoms with van der Waals surface area (Å²) in [5.74, 6) is 0.282. The van der Waals surface area contributed by atoms with Gasteiger partial charge in [-0.3, -0.25) is 14.9 Å². The van der Waals surface area contributed by atoms with E-state index in [4.69, 9.17) is 4.74 Å². The molecule has 2 heterocycles. The lowest BCUT2D eigenvalue weighted by molar-refractivity contribution is -0.150. The molecule has 2 saturated heterocycles. The van der Waals surface area contributed by atoms with Gasteiger partial charge in [0, 0.05) is 24.5 Å². The summed E-state index contributed by atoms with van der Waals surface area (Å²) in [5, 5.41) is 12.8. The Morgan fingerprint density at radius 3 is 2.55 bits per heavy atom. The third-order valence-electron chi connectivity index (χ3n) is 5.63. The smallest absolute Gasteiger partial charge is 0.326 e. The zero-order valence-corrected chi connectivity index (χ0v) is 19.5. The number of benzene rings is 1. The largest absolute Gasteiger partial charge is 0.480 e. The summed E-state index contributed by atoms with van der Waals surface area (Å²) in [6.45, 7) is 4.11. The highest BCUT2D eigenvalue weighted by Gasteiger charge is 2.52. The Kier molecular flexibility index (Phi) is 8.30. The molecule has 2 N–H and O–H groups in total. The van der Waals surface area contributed by atoms with Crippen LogP contribution in [-0.4, -0.2) is 74.7 Å². The lowest BCUT2D eigenvalue weighted by Gasteiger charge is -2.28. The van der Waals surface area contributed by atoms with Crippen LogP contribution in [0.2, 0.25) is 0 Å². The first-order valence-electron chi connectivity index (χ1n) is 10.6. The summed E-state index contributed by atoms with van der Waals surface area (Å²) in [4.78, 5) is 39.1. The molecule has 0 saturated carbocycles. The molecule has 1 spiro atoms. The lowest BCUT2D eigenvalue weighted by atomic mass is 10.0. The van der Waals surface area contributed by atoms with Gasteiger partial charge in [-0.25, -0.2) is 4.79 Å². The second-order valence-corrected chi connectivity index (χ2v) is 11.1. The Hall–Kier alpha value is -1.71. The molecule has 3 atom stereocenters. The van der Waals surface area contributed by atoms with Gasteiger partial charge >= 0.3 is 11.9 Å².